The average Bonchev–Trinajstić information content (AvgIpc) is 2.66. The summed E-state index contributed by atoms with van der Waals surface area (Å²) < 4.78 is 5.37. The molecular formula is C20H26ClN3O2. The Morgan fingerprint density at radius 1 is 1.15 bits per heavy atom. The molecule has 0 spiro atoms. The van der Waals surface area contributed by atoms with E-state index in [1.165, 1.54) is 0 Å². The van der Waals surface area contributed by atoms with Crippen LogP contribution in [-0.2, 0) is 6.42 Å². The molecule has 2 aromatic carbocycles. The minimum absolute atomic E-state index is 0.269. The zero-order valence-corrected chi connectivity index (χ0v) is 16.0. The number of aliphatic hydroxyl groups is 1. The molecule has 26 heavy (non-hydrogen) atoms. The Kier molecular flexibility index (Phi) is 8.25. The normalized spacial score (nSPS) is 12.5. The number of halogens is 1. The first-order valence-corrected chi connectivity index (χ1v) is 9.09. The van der Waals surface area contributed by atoms with Crippen LogP contribution in [-0.4, -0.2) is 37.8 Å². The van der Waals surface area contributed by atoms with Crippen molar-refractivity contribution in [2.45, 2.75) is 19.4 Å². The number of para-hydroxylation sites is 1. The molecule has 0 radical (unpaired) electrons. The summed E-state index contributed by atoms with van der Waals surface area (Å²) in [5, 5.41) is 17.4. The highest BCUT2D eigenvalue weighted by Gasteiger charge is 2.08. The predicted molar refractivity (Wildman–Crippen MR) is 107 cm³/mol. The fraction of sp³-hybridized carbons (Fsp3) is 0.350. The Bertz CT molecular complexity index is 704. The van der Waals surface area contributed by atoms with E-state index in [9.17, 15) is 5.11 Å². The van der Waals surface area contributed by atoms with E-state index in [0.717, 1.165) is 29.8 Å². The van der Waals surface area contributed by atoms with Crippen LogP contribution in [0, 0.1) is 0 Å². The molecule has 1 atom stereocenters. The van der Waals surface area contributed by atoms with Gasteiger partial charge in [0, 0.05) is 18.1 Å². The highest BCUT2D eigenvalue weighted by Crippen LogP contribution is 2.18. The van der Waals surface area contributed by atoms with Crippen LogP contribution in [0.15, 0.2) is 53.5 Å². The van der Waals surface area contributed by atoms with E-state index in [0.29, 0.717) is 17.5 Å². The Morgan fingerprint density at radius 3 is 2.58 bits per heavy atom. The van der Waals surface area contributed by atoms with Crippen LogP contribution in [0.5, 0.6) is 5.75 Å². The average molecular weight is 376 g/mol. The number of guanidine groups is 1. The van der Waals surface area contributed by atoms with Crippen molar-refractivity contribution in [1.82, 2.24) is 10.6 Å². The molecule has 0 aromatic heterocycles. The standard InChI is InChI=1S/C20H26ClN3O2/c1-3-22-20(23-13-12-16-6-4-5-7-19(16)26-2)24-14-18(25)15-8-10-17(21)11-9-15/h4-11,18,25H,3,12-14H2,1-2H3,(H2,22,23,24). The van der Waals surface area contributed by atoms with E-state index in [2.05, 4.69) is 21.7 Å². The number of ether oxygens (including phenoxy) is 1. The van der Waals surface area contributed by atoms with Crippen LogP contribution in [0.3, 0.4) is 0 Å². The van der Waals surface area contributed by atoms with Crippen LogP contribution in [0.4, 0.5) is 0 Å². The molecule has 2 aromatic rings. The van der Waals surface area contributed by atoms with E-state index in [4.69, 9.17) is 16.3 Å². The number of rotatable bonds is 8. The smallest absolute Gasteiger partial charge is 0.191 e. The fourth-order valence-corrected chi connectivity index (χ4v) is 2.66. The maximum atomic E-state index is 10.3. The first-order chi connectivity index (χ1) is 12.6. The third kappa shape index (κ3) is 6.24. The predicted octanol–water partition coefficient (Wildman–Crippen LogP) is 3.18. The highest BCUT2D eigenvalue weighted by molar-refractivity contribution is 6.30. The molecule has 3 N–H and O–H groups in total. The van der Waals surface area contributed by atoms with Gasteiger partial charge < -0.3 is 20.5 Å². The number of benzene rings is 2. The number of nitrogens with zero attached hydrogens (tertiary/aromatic N) is 1. The van der Waals surface area contributed by atoms with E-state index in [1.54, 1.807) is 19.2 Å². The van der Waals surface area contributed by atoms with E-state index in [-0.39, 0.29) is 6.54 Å². The molecule has 0 bridgehead atoms. The summed E-state index contributed by atoms with van der Waals surface area (Å²) in [6.07, 6.45) is 0.144. The summed E-state index contributed by atoms with van der Waals surface area (Å²) >= 11 is 5.88. The second kappa shape index (κ2) is 10.7. The summed E-state index contributed by atoms with van der Waals surface area (Å²) in [5.74, 6) is 1.56. The first kappa shape index (κ1) is 20.1. The van der Waals surface area contributed by atoms with Crippen molar-refractivity contribution in [2.75, 3.05) is 26.7 Å². The highest BCUT2D eigenvalue weighted by atomic mass is 35.5. The van der Waals surface area contributed by atoms with Crippen molar-refractivity contribution >= 4 is 17.6 Å². The largest absolute Gasteiger partial charge is 0.496 e. The maximum absolute atomic E-state index is 10.3. The monoisotopic (exact) mass is 375 g/mol. The molecule has 0 saturated heterocycles. The molecule has 140 valence electrons. The lowest BCUT2D eigenvalue weighted by atomic mass is 10.1. The van der Waals surface area contributed by atoms with Gasteiger partial charge in [0.15, 0.2) is 5.96 Å². The minimum Gasteiger partial charge on any atom is -0.496 e. The number of hydrogen-bond acceptors (Lipinski definition) is 3. The van der Waals surface area contributed by atoms with Crippen molar-refractivity contribution in [1.29, 1.82) is 0 Å². The Hall–Kier alpha value is -2.24. The topological polar surface area (TPSA) is 65.9 Å². The lowest BCUT2D eigenvalue weighted by Gasteiger charge is -2.14. The molecule has 0 aliphatic heterocycles. The number of methoxy groups -OCH3 is 1. The Labute approximate surface area is 160 Å². The number of aliphatic imine (C=N–C) groups is 1. The molecular weight excluding hydrogens is 350 g/mol. The maximum Gasteiger partial charge on any atom is 0.191 e. The van der Waals surface area contributed by atoms with Crippen molar-refractivity contribution in [3.05, 3.63) is 64.7 Å². The van der Waals surface area contributed by atoms with Crippen molar-refractivity contribution in [3.63, 3.8) is 0 Å². The second-order valence-electron chi connectivity index (χ2n) is 5.78. The zero-order chi connectivity index (χ0) is 18.8. The van der Waals surface area contributed by atoms with Gasteiger partial charge in [-0.1, -0.05) is 41.9 Å². The Morgan fingerprint density at radius 2 is 1.88 bits per heavy atom. The molecule has 0 fully saturated rings. The zero-order valence-electron chi connectivity index (χ0n) is 15.2. The summed E-state index contributed by atoms with van der Waals surface area (Å²) in [4.78, 5) is 4.47. The molecule has 0 aliphatic carbocycles. The second-order valence-corrected chi connectivity index (χ2v) is 6.21. The SMILES string of the molecule is CCNC(=NCC(O)c1ccc(Cl)cc1)NCCc1ccccc1OC. The summed E-state index contributed by atoms with van der Waals surface area (Å²) in [6.45, 7) is 3.74. The molecule has 0 heterocycles. The lowest BCUT2D eigenvalue weighted by molar-refractivity contribution is 0.187. The summed E-state index contributed by atoms with van der Waals surface area (Å²) in [6, 6.07) is 15.1. The van der Waals surface area contributed by atoms with Crippen LogP contribution in [0.2, 0.25) is 5.02 Å². The van der Waals surface area contributed by atoms with Gasteiger partial charge in [-0.15, -0.1) is 0 Å². The molecule has 0 aliphatic rings. The third-order valence-corrected chi connectivity index (χ3v) is 4.15. The van der Waals surface area contributed by atoms with Crippen molar-refractivity contribution in [2.24, 2.45) is 4.99 Å². The summed E-state index contributed by atoms with van der Waals surface area (Å²) in [5.41, 5.74) is 1.93. The first-order valence-electron chi connectivity index (χ1n) is 8.71. The fourth-order valence-electron chi connectivity index (χ4n) is 2.53. The number of hydrogen-bond donors (Lipinski definition) is 3. The van der Waals surface area contributed by atoms with Gasteiger partial charge in [-0.2, -0.15) is 0 Å². The quantitative estimate of drug-likeness (QED) is 0.489. The van der Waals surface area contributed by atoms with Gasteiger partial charge in [-0.3, -0.25) is 4.99 Å². The van der Waals surface area contributed by atoms with Gasteiger partial charge in [0.05, 0.1) is 19.8 Å². The lowest BCUT2D eigenvalue weighted by Crippen LogP contribution is -2.38. The molecule has 0 saturated carbocycles. The molecule has 5 nitrogen and oxygen atoms in total. The Balaban J connectivity index is 1.90. The van der Waals surface area contributed by atoms with Gasteiger partial charge in [0.2, 0.25) is 0 Å². The van der Waals surface area contributed by atoms with Crippen LogP contribution in [0.1, 0.15) is 24.2 Å². The van der Waals surface area contributed by atoms with Gasteiger partial charge in [-0.05, 0) is 42.7 Å². The molecule has 0 amide bonds. The molecule has 6 heteroatoms. The van der Waals surface area contributed by atoms with Gasteiger partial charge in [0.25, 0.3) is 0 Å². The van der Waals surface area contributed by atoms with Gasteiger partial charge >= 0.3 is 0 Å². The van der Waals surface area contributed by atoms with E-state index in [1.807, 2.05) is 37.3 Å². The van der Waals surface area contributed by atoms with Gasteiger partial charge in [-0.25, -0.2) is 0 Å². The number of aliphatic hydroxyl groups excluding tert-OH is 1. The van der Waals surface area contributed by atoms with Crippen molar-refractivity contribution in [3.8, 4) is 5.75 Å². The summed E-state index contributed by atoms with van der Waals surface area (Å²) in [7, 11) is 1.68. The van der Waals surface area contributed by atoms with E-state index < -0.39 is 6.10 Å². The minimum atomic E-state index is -0.669. The van der Waals surface area contributed by atoms with Crippen LogP contribution < -0.4 is 15.4 Å². The van der Waals surface area contributed by atoms with Crippen LogP contribution >= 0.6 is 11.6 Å². The molecule has 2 rings (SSSR count). The van der Waals surface area contributed by atoms with Crippen molar-refractivity contribution < 1.29 is 9.84 Å². The number of nitrogens with one attached hydrogen (secondary N) is 2. The van der Waals surface area contributed by atoms with Gasteiger partial charge in [0.1, 0.15) is 5.75 Å². The van der Waals surface area contributed by atoms with E-state index >= 15 is 0 Å². The molecule has 1 unspecified atom stereocenters. The van der Waals surface area contributed by atoms with Crippen LogP contribution in [0.25, 0.3) is 0 Å². The third-order valence-electron chi connectivity index (χ3n) is 3.90.